The van der Waals surface area contributed by atoms with Crippen molar-refractivity contribution in [1.29, 1.82) is 0 Å². The standard InChI is InChI=1S/C16H31N3O4S.HI/c1-6-17-15(18-9-12-24(21,22)16(2,3)4)19-10-7-13(8-11-19)14(20)23-5;/h13H,6-12H2,1-5H3,(H,17,18);1H. The molecule has 1 aliphatic rings. The first-order valence-electron chi connectivity index (χ1n) is 8.45. The number of halogens is 1. The van der Waals surface area contributed by atoms with E-state index in [1.807, 2.05) is 6.92 Å². The highest BCUT2D eigenvalue weighted by Crippen LogP contribution is 2.19. The van der Waals surface area contributed by atoms with Crippen molar-refractivity contribution in [3.8, 4) is 0 Å². The molecule has 1 heterocycles. The number of sulfone groups is 1. The molecule has 1 aliphatic heterocycles. The fourth-order valence-electron chi connectivity index (χ4n) is 2.50. The van der Waals surface area contributed by atoms with Crippen molar-refractivity contribution in [3.05, 3.63) is 0 Å². The fraction of sp³-hybridized carbons (Fsp3) is 0.875. The lowest BCUT2D eigenvalue weighted by Crippen LogP contribution is -2.47. The summed E-state index contributed by atoms with van der Waals surface area (Å²) in [6.45, 7) is 9.44. The fourth-order valence-corrected chi connectivity index (χ4v) is 3.44. The highest BCUT2D eigenvalue weighted by molar-refractivity contribution is 14.0. The second-order valence-electron chi connectivity index (χ2n) is 6.95. The van der Waals surface area contributed by atoms with Crippen LogP contribution in [0.1, 0.15) is 40.5 Å². The average molecular weight is 489 g/mol. The first-order valence-corrected chi connectivity index (χ1v) is 10.1. The van der Waals surface area contributed by atoms with Crippen molar-refractivity contribution in [2.45, 2.75) is 45.3 Å². The van der Waals surface area contributed by atoms with Crippen LogP contribution in [-0.4, -0.2) is 69.0 Å². The summed E-state index contributed by atoms with van der Waals surface area (Å²) < 4.78 is 28.4. The number of nitrogens with one attached hydrogen (secondary N) is 1. The largest absolute Gasteiger partial charge is 0.469 e. The predicted octanol–water partition coefficient (Wildman–Crippen LogP) is 1.67. The van der Waals surface area contributed by atoms with Crippen LogP contribution < -0.4 is 5.32 Å². The highest BCUT2D eigenvalue weighted by Gasteiger charge is 2.29. The Morgan fingerprint density at radius 1 is 1.28 bits per heavy atom. The smallest absolute Gasteiger partial charge is 0.308 e. The number of hydrogen-bond donors (Lipinski definition) is 1. The van der Waals surface area contributed by atoms with Gasteiger partial charge in [0, 0.05) is 19.6 Å². The van der Waals surface area contributed by atoms with Crippen LogP contribution in [0.2, 0.25) is 0 Å². The van der Waals surface area contributed by atoms with E-state index in [1.165, 1.54) is 7.11 Å². The zero-order valence-corrected chi connectivity index (χ0v) is 19.0. The molecule has 25 heavy (non-hydrogen) atoms. The van der Waals surface area contributed by atoms with Gasteiger partial charge in [0.1, 0.15) is 0 Å². The van der Waals surface area contributed by atoms with Gasteiger partial charge in [0.05, 0.1) is 30.1 Å². The third-order valence-corrected chi connectivity index (χ3v) is 6.80. The Morgan fingerprint density at radius 2 is 1.84 bits per heavy atom. The number of aliphatic imine (C=N–C) groups is 1. The maximum atomic E-state index is 12.2. The Labute approximate surface area is 168 Å². The number of carbonyl (C=O) groups excluding carboxylic acids is 1. The van der Waals surface area contributed by atoms with Gasteiger partial charge in [0.15, 0.2) is 15.8 Å². The number of carbonyl (C=O) groups is 1. The van der Waals surface area contributed by atoms with Crippen LogP contribution in [0.25, 0.3) is 0 Å². The van der Waals surface area contributed by atoms with E-state index in [-0.39, 0.29) is 48.2 Å². The summed E-state index contributed by atoms with van der Waals surface area (Å²) in [4.78, 5) is 18.1. The Balaban J connectivity index is 0.00000576. The van der Waals surface area contributed by atoms with Gasteiger partial charge in [-0.15, -0.1) is 24.0 Å². The quantitative estimate of drug-likeness (QED) is 0.274. The minimum atomic E-state index is -3.18. The molecule has 0 bridgehead atoms. The van der Waals surface area contributed by atoms with Gasteiger partial charge in [-0.2, -0.15) is 0 Å². The zero-order chi connectivity index (χ0) is 18.4. The summed E-state index contributed by atoms with van der Waals surface area (Å²) in [7, 11) is -1.76. The summed E-state index contributed by atoms with van der Waals surface area (Å²) in [5, 5.41) is 3.20. The molecule has 0 radical (unpaired) electrons. The van der Waals surface area contributed by atoms with Crippen LogP contribution in [0.3, 0.4) is 0 Å². The zero-order valence-electron chi connectivity index (χ0n) is 15.9. The second-order valence-corrected chi connectivity index (χ2v) is 9.81. The van der Waals surface area contributed by atoms with Gasteiger partial charge in [-0.1, -0.05) is 0 Å². The number of ether oxygens (including phenoxy) is 1. The predicted molar refractivity (Wildman–Crippen MR) is 111 cm³/mol. The van der Waals surface area contributed by atoms with Crippen LogP contribution in [0, 0.1) is 5.92 Å². The number of rotatable bonds is 5. The lowest BCUT2D eigenvalue weighted by atomic mass is 9.97. The summed E-state index contributed by atoms with van der Waals surface area (Å²) in [6, 6.07) is 0. The molecule has 0 unspecified atom stereocenters. The number of nitrogens with zero attached hydrogens (tertiary/aromatic N) is 2. The van der Waals surface area contributed by atoms with E-state index >= 15 is 0 Å². The first kappa shape index (κ1) is 24.4. The van der Waals surface area contributed by atoms with E-state index in [9.17, 15) is 13.2 Å². The van der Waals surface area contributed by atoms with E-state index in [0.29, 0.717) is 25.6 Å². The van der Waals surface area contributed by atoms with E-state index in [1.54, 1.807) is 20.8 Å². The molecule has 0 aliphatic carbocycles. The molecule has 0 aromatic rings. The number of methoxy groups -OCH3 is 1. The SMILES string of the molecule is CCNC(=NCCS(=O)(=O)C(C)(C)C)N1CCC(C(=O)OC)CC1.I. The summed E-state index contributed by atoms with van der Waals surface area (Å²) in [5.41, 5.74) is 0. The van der Waals surface area contributed by atoms with Crippen molar-refractivity contribution in [3.63, 3.8) is 0 Å². The van der Waals surface area contributed by atoms with Gasteiger partial charge in [0.2, 0.25) is 0 Å². The van der Waals surface area contributed by atoms with Crippen LogP contribution in [0.5, 0.6) is 0 Å². The van der Waals surface area contributed by atoms with Gasteiger partial charge < -0.3 is 15.0 Å². The molecule has 0 saturated carbocycles. The van der Waals surface area contributed by atoms with Gasteiger partial charge in [-0.3, -0.25) is 9.79 Å². The average Bonchev–Trinajstić information content (AvgIpc) is 2.52. The topological polar surface area (TPSA) is 88.1 Å². The summed E-state index contributed by atoms with van der Waals surface area (Å²) in [5.74, 6) is 0.525. The molecule has 1 rings (SSSR count). The van der Waals surface area contributed by atoms with Gasteiger partial charge in [0.25, 0.3) is 0 Å². The molecule has 9 heteroatoms. The summed E-state index contributed by atoms with van der Waals surface area (Å²) >= 11 is 0. The Morgan fingerprint density at radius 3 is 2.28 bits per heavy atom. The molecule has 7 nitrogen and oxygen atoms in total. The van der Waals surface area contributed by atoms with Crippen LogP contribution in [0.4, 0.5) is 0 Å². The van der Waals surface area contributed by atoms with Gasteiger partial charge >= 0.3 is 5.97 Å². The van der Waals surface area contributed by atoms with Gasteiger partial charge in [-0.25, -0.2) is 8.42 Å². The Bertz CT molecular complexity index is 550. The van der Waals surface area contributed by atoms with Crippen LogP contribution >= 0.6 is 24.0 Å². The number of esters is 1. The van der Waals surface area contributed by atoms with Crippen LogP contribution in [-0.2, 0) is 19.4 Å². The number of guanidine groups is 1. The third kappa shape index (κ3) is 7.28. The Hall–Kier alpha value is -0.580. The normalized spacial score (nSPS) is 17.0. The Kier molecular flexibility index (Phi) is 10.3. The molecule has 1 saturated heterocycles. The number of likely N-dealkylation sites (tertiary alicyclic amines) is 1. The van der Waals surface area contributed by atoms with Crippen molar-refractivity contribution in [2.24, 2.45) is 10.9 Å². The van der Waals surface area contributed by atoms with Crippen molar-refractivity contribution < 1.29 is 17.9 Å². The maximum Gasteiger partial charge on any atom is 0.308 e. The molecular formula is C16H32IN3O4S. The highest BCUT2D eigenvalue weighted by atomic mass is 127. The van der Waals surface area contributed by atoms with E-state index in [2.05, 4.69) is 15.2 Å². The van der Waals surface area contributed by atoms with E-state index < -0.39 is 14.6 Å². The molecular weight excluding hydrogens is 457 g/mol. The maximum absolute atomic E-state index is 12.2. The molecule has 0 atom stereocenters. The van der Waals surface area contributed by atoms with Crippen molar-refractivity contribution in [2.75, 3.05) is 39.0 Å². The first-order chi connectivity index (χ1) is 11.1. The second kappa shape index (κ2) is 10.5. The molecule has 148 valence electrons. The lowest BCUT2D eigenvalue weighted by Gasteiger charge is -2.33. The third-order valence-electron chi connectivity index (χ3n) is 4.22. The molecule has 0 aromatic carbocycles. The van der Waals surface area contributed by atoms with E-state index in [4.69, 9.17) is 4.74 Å². The van der Waals surface area contributed by atoms with E-state index in [0.717, 1.165) is 12.8 Å². The molecule has 0 amide bonds. The monoisotopic (exact) mass is 489 g/mol. The summed E-state index contributed by atoms with van der Waals surface area (Å²) in [6.07, 6.45) is 1.44. The minimum absolute atomic E-state index is 0. The number of hydrogen-bond acceptors (Lipinski definition) is 5. The molecule has 0 aromatic heterocycles. The minimum Gasteiger partial charge on any atom is -0.469 e. The molecule has 1 fully saturated rings. The number of piperidine rings is 1. The van der Waals surface area contributed by atoms with Gasteiger partial charge in [-0.05, 0) is 40.5 Å². The van der Waals surface area contributed by atoms with Crippen molar-refractivity contribution in [1.82, 2.24) is 10.2 Å². The molecule has 0 spiro atoms. The lowest BCUT2D eigenvalue weighted by molar-refractivity contribution is -0.146. The molecule has 1 N–H and O–H groups in total. The van der Waals surface area contributed by atoms with Crippen molar-refractivity contribution >= 4 is 45.7 Å². The van der Waals surface area contributed by atoms with Crippen LogP contribution in [0.15, 0.2) is 4.99 Å².